The summed E-state index contributed by atoms with van der Waals surface area (Å²) in [6.07, 6.45) is 1.53. The Hall–Kier alpha value is -3.68. The normalized spacial score (nSPS) is 14.7. The molecule has 0 aliphatic carbocycles. The number of nitro benzene ring substituents is 1. The standard InChI is InChI=1S/C19H16N2O6/c1-11-14(5-4-6-16(11)21(23)24)18-20-15(19(22)27-18)9-12-7-8-13(25-2)10-17(12)26-3/h4-10H,1-3H3. The Balaban J connectivity index is 2.02. The molecule has 0 saturated carbocycles. The predicted molar refractivity (Wildman–Crippen MR) is 98.0 cm³/mol. The molecule has 0 fully saturated rings. The Kier molecular flexibility index (Phi) is 4.89. The van der Waals surface area contributed by atoms with E-state index in [9.17, 15) is 14.9 Å². The molecule has 1 aliphatic heterocycles. The fraction of sp³-hybridized carbons (Fsp3) is 0.158. The molecule has 0 amide bonds. The van der Waals surface area contributed by atoms with Crippen molar-refractivity contribution in [2.24, 2.45) is 4.99 Å². The summed E-state index contributed by atoms with van der Waals surface area (Å²) in [6.45, 7) is 1.58. The number of ether oxygens (including phenoxy) is 3. The number of rotatable bonds is 5. The molecule has 8 heteroatoms. The van der Waals surface area contributed by atoms with E-state index in [2.05, 4.69) is 4.99 Å². The average Bonchev–Trinajstić information content (AvgIpc) is 3.02. The summed E-state index contributed by atoms with van der Waals surface area (Å²) in [4.78, 5) is 27.0. The van der Waals surface area contributed by atoms with Crippen molar-refractivity contribution in [3.63, 3.8) is 0 Å². The maximum atomic E-state index is 12.2. The monoisotopic (exact) mass is 368 g/mol. The molecule has 2 aromatic carbocycles. The third kappa shape index (κ3) is 3.50. The molecular formula is C19H16N2O6. The van der Waals surface area contributed by atoms with Gasteiger partial charge in [-0.15, -0.1) is 0 Å². The number of benzene rings is 2. The molecule has 1 heterocycles. The minimum absolute atomic E-state index is 0.0277. The highest BCUT2D eigenvalue weighted by molar-refractivity contribution is 6.13. The molecule has 0 spiro atoms. The van der Waals surface area contributed by atoms with Gasteiger partial charge < -0.3 is 14.2 Å². The Morgan fingerprint density at radius 2 is 1.96 bits per heavy atom. The number of hydrogen-bond acceptors (Lipinski definition) is 7. The van der Waals surface area contributed by atoms with Gasteiger partial charge in [0.15, 0.2) is 5.70 Å². The molecular weight excluding hydrogens is 352 g/mol. The first-order valence-corrected chi connectivity index (χ1v) is 7.93. The average molecular weight is 368 g/mol. The van der Waals surface area contributed by atoms with Crippen LogP contribution in [0.15, 0.2) is 47.1 Å². The van der Waals surface area contributed by atoms with Crippen molar-refractivity contribution in [1.82, 2.24) is 0 Å². The number of methoxy groups -OCH3 is 2. The number of carbonyl (C=O) groups excluding carboxylic acids is 1. The lowest BCUT2D eigenvalue weighted by Gasteiger charge is -2.07. The van der Waals surface area contributed by atoms with Crippen LogP contribution in [-0.2, 0) is 9.53 Å². The molecule has 8 nitrogen and oxygen atoms in total. The molecule has 1 aliphatic rings. The SMILES string of the molecule is COc1ccc(C=C2N=C(c3cccc([N+](=O)[O-])c3C)OC2=O)c(OC)c1. The Bertz CT molecular complexity index is 994. The number of carbonyl (C=O) groups is 1. The summed E-state index contributed by atoms with van der Waals surface area (Å²) in [6, 6.07) is 9.65. The van der Waals surface area contributed by atoms with Crippen LogP contribution in [0.5, 0.6) is 11.5 Å². The number of aliphatic imine (C=N–C) groups is 1. The second-order valence-electron chi connectivity index (χ2n) is 5.65. The quantitative estimate of drug-likeness (QED) is 0.347. The zero-order chi connectivity index (χ0) is 19.6. The van der Waals surface area contributed by atoms with Gasteiger partial charge in [-0.1, -0.05) is 6.07 Å². The lowest BCUT2D eigenvalue weighted by Crippen LogP contribution is -2.08. The van der Waals surface area contributed by atoms with E-state index in [0.717, 1.165) is 0 Å². The van der Waals surface area contributed by atoms with Crippen molar-refractivity contribution >= 4 is 23.6 Å². The maximum absolute atomic E-state index is 12.2. The highest BCUT2D eigenvalue weighted by Crippen LogP contribution is 2.29. The van der Waals surface area contributed by atoms with E-state index in [1.165, 1.54) is 25.3 Å². The maximum Gasteiger partial charge on any atom is 0.363 e. The molecule has 0 unspecified atom stereocenters. The van der Waals surface area contributed by atoms with Gasteiger partial charge in [0.1, 0.15) is 11.5 Å². The number of cyclic esters (lactones) is 1. The summed E-state index contributed by atoms with van der Waals surface area (Å²) in [5.41, 5.74) is 1.38. The first-order chi connectivity index (χ1) is 12.9. The van der Waals surface area contributed by atoms with Crippen molar-refractivity contribution in [3.8, 4) is 11.5 Å². The molecule has 0 atom stereocenters. The van der Waals surface area contributed by atoms with E-state index in [0.29, 0.717) is 28.2 Å². The number of nitrogens with zero attached hydrogens (tertiary/aromatic N) is 2. The molecule has 0 aromatic heterocycles. The third-order valence-corrected chi connectivity index (χ3v) is 4.09. The number of hydrogen-bond donors (Lipinski definition) is 0. The van der Waals surface area contributed by atoms with Crippen molar-refractivity contribution in [2.75, 3.05) is 14.2 Å². The van der Waals surface area contributed by atoms with Gasteiger partial charge in [0, 0.05) is 28.8 Å². The highest BCUT2D eigenvalue weighted by Gasteiger charge is 2.27. The smallest absolute Gasteiger partial charge is 0.363 e. The molecule has 3 rings (SSSR count). The van der Waals surface area contributed by atoms with Gasteiger partial charge in [0.25, 0.3) is 5.69 Å². The van der Waals surface area contributed by atoms with E-state index in [1.807, 2.05) is 0 Å². The van der Waals surface area contributed by atoms with Crippen LogP contribution in [0.25, 0.3) is 6.08 Å². The zero-order valence-corrected chi connectivity index (χ0v) is 14.9. The largest absolute Gasteiger partial charge is 0.497 e. The summed E-state index contributed by atoms with van der Waals surface area (Å²) in [5, 5.41) is 11.1. The third-order valence-electron chi connectivity index (χ3n) is 4.09. The predicted octanol–water partition coefficient (Wildman–Crippen LogP) is 3.26. The van der Waals surface area contributed by atoms with E-state index in [4.69, 9.17) is 14.2 Å². The second kappa shape index (κ2) is 7.28. The van der Waals surface area contributed by atoms with Gasteiger partial charge in [0.2, 0.25) is 5.90 Å². The van der Waals surface area contributed by atoms with Crippen LogP contribution < -0.4 is 9.47 Å². The van der Waals surface area contributed by atoms with Crippen molar-refractivity contribution in [2.45, 2.75) is 6.92 Å². The molecule has 27 heavy (non-hydrogen) atoms. The molecule has 0 bridgehead atoms. The van der Waals surface area contributed by atoms with Crippen molar-refractivity contribution in [3.05, 3.63) is 68.9 Å². The molecule has 0 saturated heterocycles. The Morgan fingerprint density at radius 3 is 2.63 bits per heavy atom. The lowest BCUT2D eigenvalue weighted by atomic mass is 10.1. The van der Waals surface area contributed by atoms with Crippen LogP contribution in [-0.4, -0.2) is 31.0 Å². The Labute approximate surface area is 154 Å². The minimum Gasteiger partial charge on any atom is -0.497 e. The topological polar surface area (TPSA) is 100 Å². The van der Waals surface area contributed by atoms with Crippen LogP contribution >= 0.6 is 0 Å². The summed E-state index contributed by atoms with van der Waals surface area (Å²) in [7, 11) is 3.05. The van der Waals surface area contributed by atoms with Crippen LogP contribution in [0.1, 0.15) is 16.7 Å². The number of esters is 1. The summed E-state index contributed by atoms with van der Waals surface area (Å²) < 4.78 is 15.7. The van der Waals surface area contributed by atoms with Gasteiger partial charge in [-0.3, -0.25) is 10.1 Å². The molecule has 0 radical (unpaired) electrons. The van der Waals surface area contributed by atoms with Crippen molar-refractivity contribution < 1.29 is 23.9 Å². The second-order valence-corrected chi connectivity index (χ2v) is 5.65. The van der Waals surface area contributed by atoms with Gasteiger partial charge >= 0.3 is 5.97 Å². The van der Waals surface area contributed by atoms with Crippen LogP contribution in [0.2, 0.25) is 0 Å². The Morgan fingerprint density at radius 1 is 1.19 bits per heavy atom. The van der Waals surface area contributed by atoms with Crippen molar-refractivity contribution in [1.29, 1.82) is 0 Å². The van der Waals surface area contributed by atoms with E-state index in [1.54, 1.807) is 38.3 Å². The number of nitro groups is 1. The van der Waals surface area contributed by atoms with Gasteiger partial charge in [0.05, 0.1) is 19.1 Å². The lowest BCUT2D eigenvalue weighted by molar-refractivity contribution is -0.385. The molecule has 0 N–H and O–H groups in total. The first-order valence-electron chi connectivity index (χ1n) is 7.93. The van der Waals surface area contributed by atoms with Crippen LogP contribution in [0.4, 0.5) is 5.69 Å². The van der Waals surface area contributed by atoms with Crippen LogP contribution in [0, 0.1) is 17.0 Å². The zero-order valence-electron chi connectivity index (χ0n) is 14.9. The fourth-order valence-electron chi connectivity index (χ4n) is 2.66. The van der Waals surface area contributed by atoms with E-state index >= 15 is 0 Å². The van der Waals surface area contributed by atoms with Crippen LogP contribution in [0.3, 0.4) is 0 Å². The van der Waals surface area contributed by atoms with Gasteiger partial charge in [-0.25, -0.2) is 9.79 Å². The van der Waals surface area contributed by atoms with Gasteiger partial charge in [-0.05, 0) is 31.2 Å². The first kappa shape index (κ1) is 18.1. The molecule has 2 aromatic rings. The highest BCUT2D eigenvalue weighted by atomic mass is 16.6. The fourth-order valence-corrected chi connectivity index (χ4v) is 2.66. The van der Waals surface area contributed by atoms with Gasteiger partial charge in [-0.2, -0.15) is 0 Å². The minimum atomic E-state index is -0.645. The summed E-state index contributed by atoms with van der Waals surface area (Å²) in [5.74, 6) is 0.498. The summed E-state index contributed by atoms with van der Waals surface area (Å²) >= 11 is 0. The van der Waals surface area contributed by atoms with E-state index in [-0.39, 0.29) is 17.3 Å². The molecule has 138 valence electrons. The van der Waals surface area contributed by atoms with E-state index < -0.39 is 10.9 Å².